The molecule has 0 heterocycles. The summed E-state index contributed by atoms with van der Waals surface area (Å²) in [6.45, 7) is 3.09. The third-order valence-electron chi connectivity index (χ3n) is 4.73. The van der Waals surface area contributed by atoms with E-state index in [-0.39, 0.29) is 11.8 Å². The molecule has 0 spiro atoms. The van der Waals surface area contributed by atoms with Crippen LogP contribution in [0.5, 0.6) is 5.75 Å². The van der Waals surface area contributed by atoms with Gasteiger partial charge in [0.1, 0.15) is 18.3 Å². The molecule has 1 aromatic rings. The van der Waals surface area contributed by atoms with Crippen LogP contribution >= 0.6 is 0 Å². The molecular formula is C21H22F2O10. The molecule has 2 rings (SSSR count). The van der Waals surface area contributed by atoms with Gasteiger partial charge in [-0.15, -0.1) is 0 Å². The molecular weight excluding hydrogens is 450 g/mol. The van der Waals surface area contributed by atoms with Crippen LogP contribution in [0.3, 0.4) is 0 Å². The van der Waals surface area contributed by atoms with Gasteiger partial charge in [0.05, 0.1) is 7.11 Å². The van der Waals surface area contributed by atoms with Gasteiger partial charge in [-0.05, 0) is 12.1 Å². The molecule has 1 saturated carbocycles. The highest BCUT2D eigenvalue weighted by atomic mass is 19.1. The minimum Gasteiger partial charge on any atom is -0.480 e. The normalized spacial score (nSPS) is 24.2. The van der Waals surface area contributed by atoms with E-state index in [0.717, 1.165) is 40.0 Å². The highest BCUT2D eigenvalue weighted by molar-refractivity contribution is 5.76. The fourth-order valence-electron chi connectivity index (χ4n) is 3.56. The number of ether oxygens (including phenoxy) is 5. The predicted molar refractivity (Wildman–Crippen MR) is 103 cm³/mol. The van der Waals surface area contributed by atoms with Gasteiger partial charge in [0.25, 0.3) is 0 Å². The lowest BCUT2D eigenvalue weighted by atomic mass is 9.80. The molecule has 1 aliphatic carbocycles. The first kappa shape index (κ1) is 25.7. The Labute approximate surface area is 187 Å². The van der Waals surface area contributed by atoms with Crippen LogP contribution in [-0.4, -0.2) is 61.7 Å². The lowest BCUT2D eigenvalue weighted by Gasteiger charge is -2.43. The van der Waals surface area contributed by atoms with Gasteiger partial charge in [-0.25, -0.2) is 8.78 Å². The molecule has 0 unspecified atom stereocenters. The molecule has 12 heteroatoms. The molecule has 1 aliphatic rings. The van der Waals surface area contributed by atoms with Crippen molar-refractivity contribution < 1.29 is 56.4 Å². The zero-order valence-corrected chi connectivity index (χ0v) is 18.2. The first-order valence-electron chi connectivity index (χ1n) is 9.68. The number of hydrogen-bond acceptors (Lipinski definition) is 10. The number of aldehydes is 1. The molecule has 0 bridgehead atoms. The predicted octanol–water partition coefficient (Wildman–Crippen LogP) is 1.51. The molecule has 33 heavy (non-hydrogen) atoms. The van der Waals surface area contributed by atoms with Crippen LogP contribution in [0.15, 0.2) is 12.1 Å². The molecule has 0 aliphatic heterocycles. The van der Waals surface area contributed by atoms with Gasteiger partial charge in [0.15, 0.2) is 35.7 Å². The summed E-state index contributed by atoms with van der Waals surface area (Å²) in [5.41, 5.74) is -0.294. The Kier molecular flexibility index (Phi) is 8.44. The van der Waals surface area contributed by atoms with Gasteiger partial charge >= 0.3 is 23.9 Å². The number of benzene rings is 1. The van der Waals surface area contributed by atoms with E-state index in [1.54, 1.807) is 0 Å². The summed E-state index contributed by atoms with van der Waals surface area (Å²) in [6.07, 6.45) is -6.16. The Bertz CT molecular complexity index is 924. The average molecular weight is 472 g/mol. The first-order chi connectivity index (χ1) is 15.5. The van der Waals surface area contributed by atoms with Crippen molar-refractivity contribution in [3.05, 3.63) is 29.3 Å². The van der Waals surface area contributed by atoms with Crippen LogP contribution in [0, 0.1) is 17.6 Å². The molecule has 1 fully saturated rings. The van der Waals surface area contributed by atoms with Crippen molar-refractivity contribution in [1.29, 1.82) is 0 Å². The molecule has 5 atom stereocenters. The van der Waals surface area contributed by atoms with Crippen LogP contribution in [0.1, 0.15) is 37.6 Å². The second kappa shape index (κ2) is 10.8. The Morgan fingerprint density at radius 2 is 1.36 bits per heavy atom. The van der Waals surface area contributed by atoms with E-state index < -0.39 is 78.0 Å². The molecule has 0 saturated heterocycles. The smallest absolute Gasteiger partial charge is 0.312 e. The van der Waals surface area contributed by atoms with Gasteiger partial charge in [0.2, 0.25) is 0 Å². The van der Waals surface area contributed by atoms with E-state index in [2.05, 4.69) is 0 Å². The Morgan fingerprint density at radius 1 is 0.879 bits per heavy atom. The van der Waals surface area contributed by atoms with E-state index in [4.69, 9.17) is 23.7 Å². The second-order valence-electron chi connectivity index (χ2n) is 7.18. The Hall–Kier alpha value is -3.57. The lowest BCUT2D eigenvalue weighted by molar-refractivity contribution is -0.213. The maximum Gasteiger partial charge on any atom is 0.312 e. The largest absolute Gasteiger partial charge is 0.480 e. The number of halogens is 2. The quantitative estimate of drug-likeness (QED) is 0.327. The highest BCUT2D eigenvalue weighted by Crippen LogP contribution is 2.36. The fourth-order valence-corrected chi connectivity index (χ4v) is 3.56. The van der Waals surface area contributed by atoms with Crippen LogP contribution in [-0.2, 0) is 38.1 Å². The van der Waals surface area contributed by atoms with Crippen molar-refractivity contribution in [1.82, 2.24) is 0 Å². The number of carbonyl (C=O) groups excluding carboxylic acids is 5. The van der Waals surface area contributed by atoms with Crippen molar-refractivity contribution in [2.24, 2.45) is 5.92 Å². The Balaban J connectivity index is 2.58. The van der Waals surface area contributed by atoms with E-state index in [1.165, 1.54) is 0 Å². The SMILES string of the molecule is COC(=O)[C@H]1C[C@@H](Oc2c(F)cc(C=O)cc2F)[C@H](OC(C)=O)[C@@H](OC(C)=O)[C@@H]1OC(C)=O. The fraction of sp³-hybridized carbons (Fsp3) is 0.476. The summed E-state index contributed by atoms with van der Waals surface area (Å²) in [6, 6.07) is 1.44. The van der Waals surface area contributed by atoms with Gasteiger partial charge in [0, 0.05) is 32.8 Å². The van der Waals surface area contributed by atoms with Crippen molar-refractivity contribution >= 4 is 30.2 Å². The lowest BCUT2D eigenvalue weighted by Crippen LogP contribution is -2.61. The molecule has 1 aromatic carbocycles. The average Bonchev–Trinajstić information content (AvgIpc) is 2.72. The molecule has 0 N–H and O–H groups in total. The maximum absolute atomic E-state index is 14.4. The van der Waals surface area contributed by atoms with Gasteiger partial charge in [-0.3, -0.25) is 24.0 Å². The van der Waals surface area contributed by atoms with Crippen LogP contribution < -0.4 is 4.74 Å². The standard InChI is InChI=1S/C21H22F2O10/c1-9(25)30-17-13(21(28)29-4)7-16(19(31-10(2)26)20(17)32-11(3)27)33-18-14(22)5-12(8-24)6-15(18)23/h5-6,8,13,16-17,19-20H,7H2,1-4H3/t13-,16+,17+,19-,20-/m0/s1. The Morgan fingerprint density at radius 3 is 1.82 bits per heavy atom. The van der Waals surface area contributed by atoms with Gasteiger partial charge in [-0.2, -0.15) is 0 Å². The number of rotatable bonds is 7. The summed E-state index contributed by atoms with van der Waals surface area (Å²) >= 11 is 0. The van der Waals surface area contributed by atoms with E-state index in [1.807, 2.05) is 0 Å². The molecule has 10 nitrogen and oxygen atoms in total. The number of esters is 4. The summed E-state index contributed by atoms with van der Waals surface area (Å²) in [4.78, 5) is 58.4. The third kappa shape index (κ3) is 6.24. The third-order valence-corrected chi connectivity index (χ3v) is 4.73. The second-order valence-corrected chi connectivity index (χ2v) is 7.18. The van der Waals surface area contributed by atoms with E-state index in [9.17, 15) is 32.8 Å². The topological polar surface area (TPSA) is 132 Å². The number of methoxy groups -OCH3 is 1. The molecule has 0 aromatic heterocycles. The summed E-state index contributed by atoms with van der Waals surface area (Å²) in [5, 5.41) is 0. The minimum atomic E-state index is -1.57. The summed E-state index contributed by atoms with van der Waals surface area (Å²) in [5.74, 6) is -8.19. The molecule has 0 radical (unpaired) electrons. The van der Waals surface area contributed by atoms with Gasteiger partial charge < -0.3 is 23.7 Å². The van der Waals surface area contributed by atoms with Crippen LogP contribution in [0.2, 0.25) is 0 Å². The molecule has 0 amide bonds. The van der Waals surface area contributed by atoms with E-state index in [0.29, 0.717) is 0 Å². The summed E-state index contributed by atoms with van der Waals surface area (Å²) in [7, 11) is 1.06. The maximum atomic E-state index is 14.4. The van der Waals surface area contributed by atoms with Crippen LogP contribution in [0.25, 0.3) is 0 Å². The summed E-state index contributed by atoms with van der Waals surface area (Å²) < 4.78 is 54.6. The first-order valence-corrected chi connectivity index (χ1v) is 9.68. The monoisotopic (exact) mass is 472 g/mol. The zero-order chi connectivity index (χ0) is 24.9. The van der Waals surface area contributed by atoms with Crippen molar-refractivity contribution in [3.63, 3.8) is 0 Å². The zero-order valence-electron chi connectivity index (χ0n) is 18.2. The molecule has 180 valence electrons. The van der Waals surface area contributed by atoms with Crippen molar-refractivity contribution in [2.45, 2.75) is 51.6 Å². The van der Waals surface area contributed by atoms with Crippen molar-refractivity contribution in [3.8, 4) is 5.75 Å². The highest BCUT2D eigenvalue weighted by Gasteiger charge is 2.54. The van der Waals surface area contributed by atoms with Crippen molar-refractivity contribution in [2.75, 3.05) is 7.11 Å². The number of hydrogen-bond donors (Lipinski definition) is 0. The van der Waals surface area contributed by atoms with Gasteiger partial charge in [-0.1, -0.05) is 0 Å². The number of carbonyl (C=O) groups is 5. The minimum absolute atomic E-state index is 0.228. The van der Waals surface area contributed by atoms with Crippen LogP contribution in [0.4, 0.5) is 8.78 Å². The van der Waals surface area contributed by atoms with E-state index >= 15 is 0 Å².